The Morgan fingerprint density at radius 1 is 1.11 bits per heavy atom. The third-order valence-electron chi connectivity index (χ3n) is 4.98. The minimum absolute atomic E-state index is 0.0534. The lowest BCUT2D eigenvalue weighted by molar-refractivity contribution is -0.137. The van der Waals surface area contributed by atoms with Crippen molar-refractivity contribution in [3.05, 3.63) is 64.8 Å². The predicted octanol–water partition coefficient (Wildman–Crippen LogP) is 5.34. The topological polar surface area (TPSA) is 128 Å². The molecule has 1 aromatic carbocycles. The number of nitrogens with two attached hydrogens (primary N) is 1. The van der Waals surface area contributed by atoms with E-state index in [-0.39, 0.29) is 33.5 Å². The van der Waals surface area contributed by atoms with Crippen molar-refractivity contribution in [3.63, 3.8) is 0 Å². The Hall–Kier alpha value is -4.09. The standard InChI is InChI=1S/C24H19F3N6OS/c1-13(2)14-3-5-15(6-4-14)21-17(9-28)22(30)33-23(18(21)10-29)35-12-20(34)32-19-8-7-16(11-31-19)24(25,26)27/h3-8,11,13H,12H2,1-2H3,(H2,30,33)(H,31,32,34). The molecule has 178 valence electrons. The average molecular weight is 497 g/mol. The summed E-state index contributed by atoms with van der Waals surface area (Å²) in [5.74, 6) is -0.634. The van der Waals surface area contributed by atoms with Crippen LogP contribution in [0.15, 0.2) is 47.6 Å². The highest BCUT2D eigenvalue weighted by molar-refractivity contribution is 8.00. The van der Waals surface area contributed by atoms with E-state index < -0.39 is 17.6 Å². The predicted molar refractivity (Wildman–Crippen MR) is 126 cm³/mol. The molecule has 3 rings (SSSR count). The van der Waals surface area contributed by atoms with Gasteiger partial charge in [-0.1, -0.05) is 49.9 Å². The molecule has 0 spiro atoms. The van der Waals surface area contributed by atoms with Crippen molar-refractivity contribution in [1.29, 1.82) is 10.5 Å². The number of alkyl halides is 3. The van der Waals surface area contributed by atoms with Gasteiger partial charge in [0.25, 0.3) is 0 Å². The zero-order valence-electron chi connectivity index (χ0n) is 18.6. The number of amides is 1. The monoisotopic (exact) mass is 496 g/mol. The van der Waals surface area contributed by atoms with Gasteiger partial charge in [-0.15, -0.1) is 0 Å². The first kappa shape index (κ1) is 25.5. The van der Waals surface area contributed by atoms with E-state index in [1.54, 1.807) is 12.1 Å². The van der Waals surface area contributed by atoms with Gasteiger partial charge in [0.05, 0.1) is 16.9 Å². The zero-order chi connectivity index (χ0) is 25.8. The lowest BCUT2D eigenvalue weighted by atomic mass is 9.94. The summed E-state index contributed by atoms with van der Waals surface area (Å²) in [6.07, 6.45) is -3.91. The Kier molecular flexibility index (Phi) is 7.62. The molecule has 0 bridgehead atoms. The number of nitrogens with zero attached hydrogens (tertiary/aromatic N) is 4. The molecule has 2 heterocycles. The first-order chi connectivity index (χ1) is 16.5. The second kappa shape index (κ2) is 10.5. The maximum atomic E-state index is 12.7. The largest absolute Gasteiger partial charge is 0.417 e. The number of nitriles is 2. The van der Waals surface area contributed by atoms with Gasteiger partial charge in [0.15, 0.2) is 0 Å². The van der Waals surface area contributed by atoms with E-state index in [0.717, 1.165) is 29.5 Å². The molecular weight excluding hydrogens is 477 g/mol. The van der Waals surface area contributed by atoms with Gasteiger partial charge in [-0.3, -0.25) is 4.79 Å². The molecule has 0 fully saturated rings. The number of hydrogen-bond donors (Lipinski definition) is 2. The lowest BCUT2D eigenvalue weighted by Gasteiger charge is -2.14. The Labute approximate surface area is 203 Å². The van der Waals surface area contributed by atoms with Gasteiger partial charge in [0, 0.05) is 11.8 Å². The number of thioether (sulfide) groups is 1. The smallest absolute Gasteiger partial charge is 0.383 e. The van der Waals surface area contributed by atoms with Crippen LogP contribution in [0.5, 0.6) is 0 Å². The van der Waals surface area contributed by atoms with Crippen LogP contribution in [0.1, 0.15) is 42.0 Å². The van der Waals surface area contributed by atoms with Crippen LogP contribution in [0.4, 0.5) is 24.8 Å². The van der Waals surface area contributed by atoms with Crippen molar-refractivity contribution in [1.82, 2.24) is 9.97 Å². The number of carbonyl (C=O) groups excluding carboxylic acids is 1. The van der Waals surface area contributed by atoms with Crippen molar-refractivity contribution in [2.45, 2.75) is 31.0 Å². The highest BCUT2D eigenvalue weighted by Gasteiger charge is 2.30. The summed E-state index contributed by atoms with van der Waals surface area (Å²) in [5, 5.41) is 22.0. The Morgan fingerprint density at radius 2 is 1.77 bits per heavy atom. The number of rotatable bonds is 6. The SMILES string of the molecule is CC(C)c1ccc(-c2c(C#N)c(N)nc(SCC(=O)Nc3ccc(C(F)(F)F)cn3)c2C#N)cc1. The van der Waals surface area contributed by atoms with E-state index in [2.05, 4.69) is 21.4 Å². The molecule has 0 saturated heterocycles. The molecule has 0 aliphatic carbocycles. The van der Waals surface area contributed by atoms with Crippen LogP contribution in [0.25, 0.3) is 11.1 Å². The van der Waals surface area contributed by atoms with Crippen LogP contribution >= 0.6 is 11.8 Å². The summed E-state index contributed by atoms with van der Waals surface area (Å²) < 4.78 is 38.0. The van der Waals surface area contributed by atoms with Crippen molar-refractivity contribution in [2.75, 3.05) is 16.8 Å². The van der Waals surface area contributed by atoms with E-state index in [1.807, 2.05) is 32.0 Å². The van der Waals surface area contributed by atoms with Crippen molar-refractivity contribution >= 4 is 29.3 Å². The van der Waals surface area contributed by atoms with Gasteiger partial charge in [0.2, 0.25) is 5.91 Å². The minimum atomic E-state index is -4.53. The molecule has 11 heteroatoms. The fourth-order valence-electron chi connectivity index (χ4n) is 3.17. The van der Waals surface area contributed by atoms with Crippen LogP contribution in [-0.2, 0) is 11.0 Å². The number of halogens is 3. The van der Waals surface area contributed by atoms with Gasteiger partial charge in [0.1, 0.15) is 34.4 Å². The number of anilines is 2. The highest BCUT2D eigenvalue weighted by atomic mass is 32.2. The molecular formula is C24H19F3N6OS. The molecule has 3 N–H and O–H groups in total. The number of benzene rings is 1. The number of nitrogen functional groups attached to an aromatic ring is 1. The summed E-state index contributed by atoms with van der Waals surface area (Å²) in [5.41, 5.74) is 7.22. The molecule has 0 unspecified atom stereocenters. The van der Waals surface area contributed by atoms with Gasteiger partial charge in [-0.25, -0.2) is 9.97 Å². The highest BCUT2D eigenvalue weighted by Crippen LogP contribution is 2.36. The minimum Gasteiger partial charge on any atom is -0.383 e. The fraction of sp³-hybridized carbons (Fsp3) is 0.208. The third kappa shape index (κ3) is 5.89. The molecule has 2 aromatic heterocycles. The van der Waals surface area contributed by atoms with Crippen molar-refractivity contribution in [2.24, 2.45) is 0 Å². The van der Waals surface area contributed by atoms with E-state index in [0.29, 0.717) is 23.2 Å². The average Bonchev–Trinajstić information content (AvgIpc) is 2.82. The van der Waals surface area contributed by atoms with Crippen molar-refractivity contribution < 1.29 is 18.0 Å². The first-order valence-corrected chi connectivity index (χ1v) is 11.2. The maximum Gasteiger partial charge on any atom is 0.417 e. The fourth-order valence-corrected chi connectivity index (χ4v) is 3.97. The normalized spacial score (nSPS) is 11.1. The van der Waals surface area contributed by atoms with E-state index >= 15 is 0 Å². The lowest BCUT2D eigenvalue weighted by Crippen LogP contribution is -2.16. The van der Waals surface area contributed by atoms with E-state index in [4.69, 9.17) is 5.73 Å². The molecule has 3 aromatic rings. The molecule has 7 nitrogen and oxygen atoms in total. The second-order valence-corrected chi connectivity index (χ2v) is 8.66. The Bertz CT molecular complexity index is 1320. The summed E-state index contributed by atoms with van der Waals surface area (Å²) >= 11 is 0.914. The Morgan fingerprint density at radius 3 is 2.29 bits per heavy atom. The van der Waals surface area contributed by atoms with Crippen LogP contribution < -0.4 is 11.1 Å². The van der Waals surface area contributed by atoms with E-state index in [9.17, 15) is 28.5 Å². The number of nitrogens with one attached hydrogen (secondary N) is 1. The molecule has 1 amide bonds. The molecule has 0 saturated carbocycles. The van der Waals surface area contributed by atoms with Crippen LogP contribution in [-0.4, -0.2) is 21.6 Å². The van der Waals surface area contributed by atoms with Gasteiger partial charge in [-0.2, -0.15) is 23.7 Å². The third-order valence-corrected chi connectivity index (χ3v) is 5.96. The van der Waals surface area contributed by atoms with Crippen LogP contribution in [0.2, 0.25) is 0 Å². The van der Waals surface area contributed by atoms with Crippen LogP contribution in [0.3, 0.4) is 0 Å². The summed E-state index contributed by atoms with van der Waals surface area (Å²) in [7, 11) is 0. The molecule has 0 aliphatic heterocycles. The van der Waals surface area contributed by atoms with Crippen molar-refractivity contribution in [3.8, 4) is 23.3 Å². The van der Waals surface area contributed by atoms with Gasteiger partial charge < -0.3 is 11.1 Å². The molecule has 35 heavy (non-hydrogen) atoms. The number of hydrogen-bond acceptors (Lipinski definition) is 7. The number of carbonyl (C=O) groups is 1. The molecule has 0 radical (unpaired) electrons. The quantitative estimate of drug-likeness (QED) is 0.441. The van der Waals surface area contributed by atoms with Gasteiger partial charge in [-0.05, 0) is 29.2 Å². The maximum absolute atomic E-state index is 12.7. The zero-order valence-corrected chi connectivity index (χ0v) is 19.5. The number of aromatic nitrogens is 2. The Balaban J connectivity index is 1.85. The second-order valence-electron chi connectivity index (χ2n) is 7.69. The summed E-state index contributed by atoms with van der Waals surface area (Å²) in [6.45, 7) is 4.08. The van der Waals surface area contributed by atoms with Crippen LogP contribution in [0, 0.1) is 22.7 Å². The first-order valence-electron chi connectivity index (χ1n) is 10.2. The summed E-state index contributed by atoms with van der Waals surface area (Å²) in [6, 6.07) is 13.3. The van der Waals surface area contributed by atoms with E-state index in [1.165, 1.54) is 0 Å². The van der Waals surface area contributed by atoms with Gasteiger partial charge >= 0.3 is 6.18 Å². The molecule has 0 aliphatic rings. The summed E-state index contributed by atoms with van der Waals surface area (Å²) in [4.78, 5) is 20.1. The number of pyridine rings is 2. The molecule has 0 atom stereocenters.